The van der Waals surface area contributed by atoms with Crippen LogP contribution in [0.4, 0.5) is 0 Å². The van der Waals surface area contributed by atoms with Crippen LogP contribution < -0.4 is 5.73 Å². The molecule has 0 bridgehead atoms. The maximum atomic E-state index is 6.36. The fourth-order valence-electron chi connectivity index (χ4n) is 2.74. The second kappa shape index (κ2) is 8.01. The molecule has 20 heavy (non-hydrogen) atoms. The summed E-state index contributed by atoms with van der Waals surface area (Å²) in [6.45, 7) is 2.25. The lowest BCUT2D eigenvalue weighted by molar-refractivity contribution is 0.548. The predicted octanol–water partition coefficient (Wildman–Crippen LogP) is 4.99. The normalized spacial score (nSPS) is 12.7. The Balaban J connectivity index is 1.89. The van der Waals surface area contributed by atoms with Crippen LogP contribution in [0.3, 0.4) is 0 Å². The second-order valence-electron chi connectivity index (χ2n) is 5.61. The first-order valence-corrected chi connectivity index (χ1v) is 7.91. The summed E-state index contributed by atoms with van der Waals surface area (Å²) in [6.07, 6.45) is 12.8. The molecular weight excluding hydrogens is 244 g/mol. The van der Waals surface area contributed by atoms with Crippen molar-refractivity contribution >= 4 is 10.8 Å². The molecule has 108 valence electrons. The van der Waals surface area contributed by atoms with Crippen LogP contribution in [0.5, 0.6) is 0 Å². The van der Waals surface area contributed by atoms with Gasteiger partial charge in [-0.3, -0.25) is 4.98 Å². The van der Waals surface area contributed by atoms with E-state index in [4.69, 9.17) is 5.73 Å². The quantitative estimate of drug-likeness (QED) is 0.687. The van der Waals surface area contributed by atoms with E-state index in [2.05, 4.69) is 30.1 Å². The minimum atomic E-state index is 0.111. The molecule has 0 fully saturated rings. The zero-order valence-corrected chi connectivity index (χ0v) is 12.5. The van der Waals surface area contributed by atoms with E-state index in [-0.39, 0.29) is 6.04 Å². The number of fused-ring (bicyclic) bond motifs is 1. The summed E-state index contributed by atoms with van der Waals surface area (Å²) in [5.41, 5.74) is 7.55. The fourth-order valence-corrected chi connectivity index (χ4v) is 2.74. The molecule has 0 radical (unpaired) electrons. The zero-order valence-electron chi connectivity index (χ0n) is 12.5. The van der Waals surface area contributed by atoms with Crippen LogP contribution in [0.1, 0.15) is 63.5 Å². The molecule has 1 unspecified atom stereocenters. The summed E-state index contributed by atoms with van der Waals surface area (Å²) in [5, 5.41) is 2.43. The molecule has 2 N–H and O–H groups in total. The Hall–Kier alpha value is -1.41. The summed E-state index contributed by atoms with van der Waals surface area (Å²) in [4.78, 5) is 4.32. The number of hydrogen-bond acceptors (Lipinski definition) is 2. The van der Waals surface area contributed by atoms with Gasteiger partial charge in [-0.2, -0.15) is 0 Å². The lowest BCUT2D eigenvalue weighted by atomic mass is 9.97. The molecule has 0 aliphatic carbocycles. The summed E-state index contributed by atoms with van der Waals surface area (Å²) in [6, 6.07) is 8.48. The Morgan fingerprint density at radius 3 is 2.60 bits per heavy atom. The lowest BCUT2D eigenvalue weighted by Gasteiger charge is -2.14. The second-order valence-corrected chi connectivity index (χ2v) is 5.61. The molecule has 0 saturated heterocycles. The number of aromatic nitrogens is 1. The van der Waals surface area contributed by atoms with Gasteiger partial charge < -0.3 is 5.73 Å². The highest BCUT2D eigenvalue weighted by atomic mass is 14.7. The number of rotatable bonds is 8. The summed E-state index contributed by atoms with van der Waals surface area (Å²) < 4.78 is 0. The molecule has 0 amide bonds. The first-order chi connectivity index (χ1) is 9.83. The minimum Gasteiger partial charge on any atom is -0.324 e. The van der Waals surface area contributed by atoms with E-state index in [9.17, 15) is 0 Å². The van der Waals surface area contributed by atoms with Crippen LogP contribution in [0, 0.1) is 0 Å². The smallest absolute Gasteiger partial charge is 0.0346 e. The first-order valence-electron chi connectivity index (χ1n) is 7.91. The Labute approximate surface area is 122 Å². The lowest BCUT2D eigenvalue weighted by Crippen LogP contribution is -2.11. The predicted molar refractivity (Wildman–Crippen MR) is 86.7 cm³/mol. The van der Waals surface area contributed by atoms with Crippen LogP contribution in [-0.4, -0.2) is 4.98 Å². The SMILES string of the molecule is CCCCCCCCC(N)c1cncc2ccccc12. The van der Waals surface area contributed by atoms with Gasteiger partial charge >= 0.3 is 0 Å². The van der Waals surface area contributed by atoms with Gasteiger partial charge in [0, 0.05) is 23.8 Å². The molecule has 0 aliphatic rings. The van der Waals surface area contributed by atoms with Crippen molar-refractivity contribution in [2.45, 2.75) is 57.9 Å². The average Bonchev–Trinajstić information content (AvgIpc) is 2.50. The summed E-state index contributed by atoms with van der Waals surface area (Å²) in [5.74, 6) is 0. The van der Waals surface area contributed by atoms with Crippen molar-refractivity contribution in [1.82, 2.24) is 4.98 Å². The standard InChI is InChI=1S/C18H26N2/c1-2-3-4-5-6-7-12-18(19)17-14-20-13-15-10-8-9-11-16(15)17/h8-11,13-14,18H,2-7,12,19H2,1H3. The van der Waals surface area contributed by atoms with E-state index < -0.39 is 0 Å². The number of hydrogen-bond donors (Lipinski definition) is 1. The van der Waals surface area contributed by atoms with E-state index >= 15 is 0 Å². The molecule has 0 saturated carbocycles. The molecule has 2 aromatic rings. The van der Waals surface area contributed by atoms with E-state index in [0.717, 1.165) is 6.42 Å². The number of unbranched alkanes of at least 4 members (excludes halogenated alkanes) is 5. The third kappa shape index (κ3) is 4.04. The van der Waals surface area contributed by atoms with Crippen molar-refractivity contribution in [2.24, 2.45) is 5.73 Å². The van der Waals surface area contributed by atoms with Crippen molar-refractivity contribution in [3.63, 3.8) is 0 Å². The number of nitrogens with two attached hydrogens (primary N) is 1. The van der Waals surface area contributed by atoms with Gasteiger partial charge in [-0.05, 0) is 17.4 Å². The van der Waals surface area contributed by atoms with Crippen LogP contribution in [0.15, 0.2) is 36.7 Å². The first kappa shape index (κ1) is 15.0. The van der Waals surface area contributed by atoms with E-state index in [1.807, 2.05) is 18.5 Å². The van der Waals surface area contributed by atoms with Crippen LogP contribution in [0.25, 0.3) is 10.8 Å². The molecule has 1 atom stereocenters. The molecule has 2 heteroatoms. The van der Waals surface area contributed by atoms with Crippen LogP contribution in [0.2, 0.25) is 0 Å². The summed E-state index contributed by atoms with van der Waals surface area (Å²) in [7, 11) is 0. The number of pyridine rings is 1. The highest BCUT2D eigenvalue weighted by Crippen LogP contribution is 2.25. The molecule has 1 aromatic carbocycles. The monoisotopic (exact) mass is 270 g/mol. The molecule has 0 spiro atoms. The maximum Gasteiger partial charge on any atom is 0.0346 e. The van der Waals surface area contributed by atoms with Crippen LogP contribution in [-0.2, 0) is 0 Å². The fraction of sp³-hybridized carbons (Fsp3) is 0.500. The third-order valence-electron chi connectivity index (χ3n) is 3.97. The van der Waals surface area contributed by atoms with Crippen molar-refractivity contribution in [3.05, 3.63) is 42.2 Å². The van der Waals surface area contributed by atoms with Gasteiger partial charge in [-0.15, -0.1) is 0 Å². The van der Waals surface area contributed by atoms with Gasteiger partial charge in [0.15, 0.2) is 0 Å². The third-order valence-corrected chi connectivity index (χ3v) is 3.97. The topological polar surface area (TPSA) is 38.9 Å². The highest BCUT2D eigenvalue weighted by molar-refractivity contribution is 5.84. The van der Waals surface area contributed by atoms with Gasteiger partial charge in [-0.25, -0.2) is 0 Å². The molecule has 2 nitrogen and oxygen atoms in total. The van der Waals surface area contributed by atoms with Crippen molar-refractivity contribution in [1.29, 1.82) is 0 Å². The van der Waals surface area contributed by atoms with Crippen molar-refractivity contribution in [3.8, 4) is 0 Å². The Morgan fingerprint density at radius 2 is 1.75 bits per heavy atom. The highest BCUT2D eigenvalue weighted by Gasteiger charge is 2.09. The van der Waals surface area contributed by atoms with Gasteiger partial charge in [0.05, 0.1) is 0 Å². The molecule has 1 heterocycles. The number of nitrogens with zero attached hydrogens (tertiary/aromatic N) is 1. The van der Waals surface area contributed by atoms with E-state index in [1.54, 1.807) is 0 Å². The molecule has 0 aliphatic heterocycles. The summed E-state index contributed by atoms with van der Waals surface area (Å²) >= 11 is 0. The zero-order chi connectivity index (χ0) is 14.2. The van der Waals surface area contributed by atoms with E-state index in [1.165, 1.54) is 54.9 Å². The van der Waals surface area contributed by atoms with Crippen molar-refractivity contribution < 1.29 is 0 Å². The van der Waals surface area contributed by atoms with Crippen molar-refractivity contribution in [2.75, 3.05) is 0 Å². The molecule has 2 rings (SSSR count). The minimum absolute atomic E-state index is 0.111. The van der Waals surface area contributed by atoms with Gasteiger partial charge in [0.1, 0.15) is 0 Å². The average molecular weight is 270 g/mol. The number of benzene rings is 1. The largest absolute Gasteiger partial charge is 0.324 e. The van der Waals surface area contributed by atoms with Gasteiger partial charge in [0.2, 0.25) is 0 Å². The molecular formula is C18H26N2. The Morgan fingerprint density at radius 1 is 1.00 bits per heavy atom. The van der Waals surface area contributed by atoms with Crippen LogP contribution >= 0.6 is 0 Å². The Kier molecular flexibility index (Phi) is 6.00. The molecule has 1 aromatic heterocycles. The van der Waals surface area contributed by atoms with E-state index in [0.29, 0.717) is 0 Å². The van der Waals surface area contributed by atoms with Gasteiger partial charge in [-0.1, -0.05) is 69.7 Å². The Bertz CT molecular complexity index is 516. The maximum absolute atomic E-state index is 6.36. The van der Waals surface area contributed by atoms with Gasteiger partial charge in [0.25, 0.3) is 0 Å².